The second-order valence-corrected chi connectivity index (χ2v) is 7.99. The Morgan fingerprint density at radius 1 is 0.968 bits per heavy atom. The van der Waals surface area contributed by atoms with Gasteiger partial charge in [0.1, 0.15) is 6.54 Å². The summed E-state index contributed by atoms with van der Waals surface area (Å²) in [6.45, 7) is -0.0461. The van der Waals surface area contributed by atoms with Crippen LogP contribution in [0.15, 0.2) is 66.7 Å². The summed E-state index contributed by atoms with van der Waals surface area (Å²) in [5, 5.41) is 18.6. The summed E-state index contributed by atoms with van der Waals surface area (Å²) >= 11 is 0. The number of rotatable bonds is 4. The average molecular weight is 413 g/mol. The minimum Gasteiger partial charge on any atom is -0.480 e. The Labute approximate surface area is 179 Å². The van der Waals surface area contributed by atoms with Crippen molar-refractivity contribution in [3.8, 4) is 0 Å². The van der Waals surface area contributed by atoms with Crippen molar-refractivity contribution in [3.05, 3.63) is 78.0 Å². The molecule has 1 aliphatic carbocycles. The first-order valence-electron chi connectivity index (χ1n) is 10.5. The highest BCUT2D eigenvalue weighted by atomic mass is 16.4. The fourth-order valence-corrected chi connectivity index (χ4v) is 4.72. The standard InChI is InChI=1S/C25H23N3O3/c29-24(30)15-28-22-11-4-3-9-19(22)20-14-17(12-13-23(20)28)26-25(31)27-21-10-5-7-16-6-1-2-8-18(16)21/h1-11,17H,12-15H2,(H,29,30)(H2,26,27,31)/t17-/m1/s1. The predicted octanol–water partition coefficient (Wildman–Crippen LogP) is 4.56. The number of fused-ring (bicyclic) bond motifs is 4. The third-order valence-corrected chi connectivity index (χ3v) is 6.04. The van der Waals surface area contributed by atoms with E-state index in [2.05, 4.69) is 10.6 Å². The van der Waals surface area contributed by atoms with Crippen LogP contribution in [0.1, 0.15) is 17.7 Å². The maximum atomic E-state index is 12.7. The Morgan fingerprint density at radius 3 is 2.55 bits per heavy atom. The van der Waals surface area contributed by atoms with Crippen molar-refractivity contribution in [3.63, 3.8) is 0 Å². The Morgan fingerprint density at radius 2 is 1.71 bits per heavy atom. The zero-order valence-corrected chi connectivity index (χ0v) is 17.0. The number of aliphatic carboxylic acids is 1. The first-order chi connectivity index (χ1) is 15.1. The smallest absolute Gasteiger partial charge is 0.323 e. The van der Waals surface area contributed by atoms with E-state index in [1.807, 2.05) is 71.3 Å². The highest BCUT2D eigenvalue weighted by Crippen LogP contribution is 2.32. The molecule has 0 spiro atoms. The number of amides is 2. The van der Waals surface area contributed by atoms with Gasteiger partial charge < -0.3 is 20.3 Å². The lowest BCUT2D eigenvalue weighted by molar-refractivity contribution is -0.137. The van der Waals surface area contributed by atoms with Crippen LogP contribution < -0.4 is 10.6 Å². The minimum atomic E-state index is -0.849. The van der Waals surface area contributed by atoms with Crippen molar-refractivity contribution in [2.45, 2.75) is 31.8 Å². The largest absolute Gasteiger partial charge is 0.480 e. The lowest BCUT2D eigenvalue weighted by Gasteiger charge is -2.25. The highest BCUT2D eigenvalue weighted by molar-refractivity contribution is 6.01. The monoisotopic (exact) mass is 413 g/mol. The molecule has 0 saturated carbocycles. The first kappa shape index (κ1) is 19.2. The number of hydrogen-bond acceptors (Lipinski definition) is 2. The Bertz CT molecular complexity index is 1300. The van der Waals surface area contributed by atoms with Gasteiger partial charge >= 0.3 is 12.0 Å². The Hall–Kier alpha value is -3.80. The highest BCUT2D eigenvalue weighted by Gasteiger charge is 2.27. The number of carbonyl (C=O) groups excluding carboxylic acids is 1. The van der Waals surface area contributed by atoms with Gasteiger partial charge in [-0.25, -0.2) is 4.79 Å². The molecule has 3 aromatic carbocycles. The van der Waals surface area contributed by atoms with Gasteiger partial charge in [0, 0.05) is 28.0 Å². The van der Waals surface area contributed by atoms with Crippen LogP contribution in [0.3, 0.4) is 0 Å². The molecule has 0 radical (unpaired) electrons. The van der Waals surface area contributed by atoms with Gasteiger partial charge in [-0.05, 0) is 42.3 Å². The van der Waals surface area contributed by atoms with Crippen LogP contribution in [-0.4, -0.2) is 27.7 Å². The van der Waals surface area contributed by atoms with Gasteiger partial charge in [-0.1, -0.05) is 54.6 Å². The molecule has 0 unspecified atom stereocenters. The number of hydrogen-bond donors (Lipinski definition) is 3. The molecule has 4 aromatic rings. The van der Waals surface area contributed by atoms with Gasteiger partial charge in [-0.2, -0.15) is 0 Å². The van der Waals surface area contributed by atoms with Gasteiger partial charge in [0.15, 0.2) is 0 Å². The van der Waals surface area contributed by atoms with E-state index in [4.69, 9.17) is 0 Å². The Kier molecular flexibility index (Phi) is 4.82. The van der Waals surface area contributed by atoms with Crippen molar-refractivity contribution < 1.29 is 14.7 Å². The topological polar surface area (TPSA) is 83.4 Å². The lowest BCUT2D eigenvalue weighted by Crippen LogP contribution is -2.41. The van der Waals surface area contributed by atoms with Gasteiger partial charge in [-0.3, -0.25) is 4.79 Å². The number of carboxylic acids is 1. The molecule has 1 atom stereocenters. The van der Waals surface area contributed by atoms with Crippen LogP contribution in [-0.2, 0) is 24.2 Å². The number of nitrogens with one attached hydrogen (secondary N) is 2. The second-order valence-electron chi connectivity index (χ2n) is 7.99. The molecule has 1 aliphatic rings. The van der Waals surface area contributed by atoms with Crippen LogP contribution in [0.5, 0.6) is 0 Å². The van der Waals surface area contributed by atoms with E-state index >= 15 is 0 Å². The van der Waals surface area contributed by atoms with E-state index in [0.717, 1.165) is 51.5 Å². The van der Waals surface area contributed by atoms with E-state index in [9.17, 15) is 14.7 Å². The van der Waals surface area contributed by atoms with Crippen LogP contribution in [0.4, 0.5) is 10.5 Å². The van der Waals surface area contributed by atoms with E-state index in [0.29, 0.717) is 6.42 Å². The minimum absolute atomic E-state index is 0.00781. The summed E-state index contributed by atoms with van der Waals surface area (Å²) in [6, 6.07) is 21.5. The molecule has 2 amide bonds. The zero-order valence-electron chi connectivity index (χ0n) is 17.0. The van der Waals surface area contributed by atoms with Crippen LogP contribution in [0, 0.1) is 0 Å². The maximum Gasteiger partial charge on any atom is 0.323 e. The SMILES string of the molecule is O=C(O)Cn1c2c(c3ccccc31)C[C@H](NC(=O)Nc1cccc3ccccc13)CC2. The van der Waals surface area contributed by atoms with Crippen molar-refractivity contribution in [2.24, 2.45) is 0 Å². The molecule has 6 nitrogen and oxygen atoms in total. The van der Waals surface area contributed by atoms with Crippen molar-refractivity contribution in [1.82, 2.24) is 9.88 Å². The summed E-state index contributed by atoms with van der Waals surface area (Å²) in [5.41, 5.74) is 3.93. The van der Waals surface area contributed by atoms with Crippen LogP contribution >= 0.6 is 0 Å². The second kappa shape index (κ2) is 7.80. The number of nitrogens with zero attached hydrogens (tertiary/aromatic N) is 1. The van der Waals surface area contributed by atoms with E-state index in [-0.39, 0.29) is 18.6 Å². The molecular weight excluding hydrogens is 390 g/mol. The quantitative estimate of drug-likeness (QED) is 0.459. The van der Waals surface area contributed by atoms with E-state index in [1.54, 1.807) is 0 Å². The number of aromatic nitrogens is 1. The lowest BCUT2D eigenvalue weighted by atomic mass is 9.91. The number of benzene rings is 3. The normalized spacial score (nSPS) is 15.5. The molecule has 1 heterocycles. The van der Waals surface area contributed by atoms with Crippen molar-refractivity contribution in [2.75, 3.05) is 5.32 Å². The summed E-state index contributed by atoms with van der Waals surface area (Å²) < 4.78 is 1.90. The summed E-state index contributed by atoms with van der Waals surface area (Å²) in [4.78, 5) is 24.1. The maximum absolute atomic E-state index is 12.7. The van der Waals surface area contributed by atoms with Gasteiger partial charge in [0.25, 0.3) is 0 Å². The Balaban J connectivity index is 1.36. The van der Waals surface area contributed by atoms with Gasteiger partial charge in [0.05, 0.1) is 5.69 Å². The molecule has 0 fully saturated rings. The van der Waals surface area contributed by atoms with Crippen molar-refractivity contribution >= 4 is 39.4 Å². The fraction of sp³-hybridized carbons (Fsp3) is 0.200. The average Bonchev–Trinajstić information content (AvgIpc) is 3.07. The van der Waals surface area contributed by atoms with Crippen molar-refractivity contribution in [1.29, 1.82) is 0 Å². The molecule has 0 aliphatic heterocycles. The molecule has 0 saturated heterocycles. The molecule has 31 heavy (non-hydrogen) atoms. The first-order valence-corrected chi connectivity index (χ1v) is 10.5. The zero-order chi connectivity index (χ0) is 21.4. The molecule has 3 N–H and O–H groups in total. The summed E-state index contributed by atoms with van der Waals surface area (Å²) in [5.74, 6) is -0.849. The third kappa shape index (κ3) is 3.61. The number of urea groups is 1. The van der Waals surface area contributed by atoms with E-state index < -0.39 is 5.97 Å². The number of para-hydroxylation sites is 1. The van der Waals surface area contributed by atoms with E-state index in [1.165, 1.54) is 0 Å². The number of carboxylic acid groups (broad SMARTS) is 1. The van der Waals surface area contributed by atoms with Crippen LogP contribution in [0.2, 0.25) is 0 Å². The number of anilines is 1. The van der Waals surface area contributed by atoms with Gasteiger partial charge in [-0.15, -0.1) is 0 Å². The van der Waals surface area contributed by atoms with Gasteiger partial charge in [0.2, 0.25) is 0 Å². The summed E-state index contributed by atoms with van der Waals surface area (Å²) in [6.07, 6.45) is 2.19. The molecule has 0 bridgehead atoms. The molecule has 1 aromatic heterocycles. The van der Waals surface area contributed by atoms with Crippen LogP contribution in [0.25, 0.3) is 21.7 Å². The number of carbonyl (C=O) groups is 2. The third-order valence-electron chi connectivity index (χ3n) is 6.04. The fourth-order valence-electron chi connectivity index (χ4n) is 4.72. The predicted molar refractivity (Wildman–Crippen MR) is 121 cm³/mol. The molecule has 6 heteroatoms. The summed E-state index contributed by atoms with van der Waals surface area (Å²) in [7, 11) is 0. The molecule has 156 valence electrons. The molecule has 5 rings (SSSR count). The molecular formula is C25H23N3O3.